The third-order valence-electron chi connectivity index (χ3n) is 3.76. The Labute approximate surface area is 124 Å². The first kappa shape index (κ1) is 14.8. The van der Waals surface area contributed by atoms with Crippen molar-refractivity contribution >= 4 is 21.6 Å². The van der Waals surface area contributed by atoms with Gasteiger partial charge in [0.05, 0.1) is 5.69 Å². The van der Waals surface area contributed by atoms with Crippen LogP contribution in [0.4, 0.5) is 5.69 Å². The van der Waals surface area contributed by atoms with Crippen LogP contribution in [0.1, 0.15) is 31.4 Å². The Morgan fingerprint density at radius 2 is 2.21 bits per heavy atom. The molecular weight excluding hydrogens is 302 g/mol. The van der Waals surface area contributed by atoms with Gasteiger partial charge in [0.1, 0.15) is 0 Å². The zero-order valence-corrected chi connectivity index (χ0v) is 13.7. The highest BCUT2D eigenvalue weighted by Gasteiger charge is 2.26. The van der Waals surface area contributed by atoms with Gasteiger partial charge >= 0.3 is 0 Å². The number of nitrogens with zero attached hydrogens (tertiary/aromatic N) is 2. The highest BCUT2D eigenvalue weighted by atomic mass is 79.9. The van der Waals surface area contributed by atoms with E-state index in [2.05, 4.69) is 58.0 Å². The van der Waals surface area contributed by atoms with Gasteiger partial charge in [-0.15, -0.1) is 0 Å². The Hall–Kier alpha value is -0.580. The molecular formula is C15H24BrN3. The molecule has 2 N–H and O–H groups in total. The van der Waals surface area contributed by atoms with E-state index in [1.807, 2.05) is 6.92 Å². The molecule has 1 aliphatic heterocycles. The fraction of sp³-hybridized carbons (Fsp3) is 0.600. The van der Waals surface area contributed by atoms with E-state index >= 15 is 0 Å². The van der Waals surface area contributed by atoms with Crippen LogP contribution in [-0.2, 0) is 0 Å². The summed E-state index contributed by atoms with van der Waals surface area (Å²) in [5.74, 6) is 0. The van der Waals surface area contributed by atoms with E-state index in [1.165, 1.54) is 24.1 Å². The second kappa shape index (κ2) is 6.25. The molecule has 0 amide bonds. The Balaban J connectivity index is 2.21. The number of nitrogens with two attached hydrogens (primary N) is 1. The SMILES string of the molecule is C[C@@H](N)c1ccc(N2CCCC2CN(C)C)c(Br)c1. The molecule has 19 heavy (non-hydrogen) atoms. The zero-order valence-electron chi connectivity index (χ0n) is 12.1. The minimum Gasteiger partial charge on any atom is -0.366 e. The van der Waals surface area contributed by atoms with Crippen molar-refractivity contribution in [2.75, 3.05) is 32.1 Å². The van der Waals surface area contributed by atoms with E-state index in [0.717, 1.165) is 17.6 Å². The van der Waals surface area contributed by atoms with Gasteiger partial charge in [-0.2, -0.15) is 0 Å². The number of hydrogen-bond acceptors (Lipinski definition) is 3. The third-order valence-corrected chi connectivity index (χ3v) is 4.40. The van der Waals surface area contributed by atoms with E-state index in [0.29, 0.717) is 6.04 Å². The smallest absolute Gasteiger partial charge is 0.0513 e. The van der Waals surface area contributed by atoms with Gasteiger partial charge in [0.25, 0.3) is 0 Å². The van der Waals surface area contributed by atoms with Crippen molar-refractivity contribution in [1.29, 1.82) is 0 Å². The monoisotopic (exact) mass is 325 g/mol. The second-order valence-electron chi connectivity index (χ2n) is 5.75. The topological polar surface area (TPSA) is 32.5 Å². The van der Waals surface area contributed by atoms with Crippen LogP contribution in [0.25, 0.3) is 0 Å². The fourth-order valence-electron chi connectivity index (χ4n) is 2.80. The summed E-state index contributed by atoms with van der Waals surface area (Å²) < 4.78 is 1.16. The first-order valence-electron chi connectivity index (χ1n) is 6.95. The van der Waals surface area contributed by atoms with Crippen LogP contribution in [0.5, 0.6) is 0 Å². The molecule has 1 aromatic rings. The summed E-state index contributed by atoms with van der Waals surface area (Å²) in [5.41, 5.74) is 8.42. The predicted molar refractivity (Wildman–Crippen MR) is 85.7 cm³/mol. The van der Waals surface area contributed by atoms with Crippen molar-refractivity contribution in [2.45, 2.75) is 31.8 Å². The first-order chi connectivity index (χ1) is 8.99. The van der Waals surface area contributed by atoms with Gasteiger partial charge in [-0.05, 0) is 67.5 Å². The average Bonchev–Trinajstić information content (AvgIpc) is 2.75. The maximum atomic E-state index is 5.94. The average molecular weight is 326 g/mol. The minimum atomic E-state index is 0.0847. The van der Waals surface area contributed by atoms with Gasteiger partial charge in [0.15, 0.2) is 0 Å². The number of benzene rings is 1. The third kappa shape index (κ3) is 3.50. The normalized spacial score (nSPS) is 21.2. The fourth-order valence-corrected chi connectivity index (χ4v) is 3.43. The molecule has 106 valence electrons. The lowest BCUT2D eigenvalue weighted by molar-refractivity contribution is 0.372. The lowest BCUT2D eigenvalue weighted by atomic mass is 10.1. The lowest BCUT2D eigenvalue weighted by Gasteiger charge is -2.30. The number of likely N-dealkylation sites (N-methyl/N-ethyl adjacent to an activating group) is 1. The van der Waals surface area contributed by atoms with Crippen molar-refractivity contribution in [2.24, 2.45) is 5.73 Å². The molecule has 0 saturated carbocycles. The van der Waals surface area contributed by atoms with Crippen LogP contribution in [0.15, 0.2) is 22.7 Å². The van der Waals surface area contributed by atoms with Crippen LogP contribution >= 0.6 is 15.9 Å². The summed E-state index contributed by atoms with van der Waals surface area (Å²) in [6.07, 6.45) is 2.56. The first-order valence-corrected chi connectivity index (χ1v) is 7.74. The standard InChI is InChI=1S/C15H24BrN3/c1-11(17)12-6-7-15(14(16)9-12)19-8-4-5-13(19)10-18(2)3/h6-7,9,11,13H,4-5,8,10,17H2,1-3H3/t11-,13?/m1/s1. The van der Waals surface area contributed by atoms with E-state index in [4.69, 9.17) is 5.73 Å². The van der Waals surface area contributed by atoms with Gasteiger partial charge in [0.2, 0.25) is 0 Å². The van der Waals surface area contributed by atoms with Crippen LogP contribution < -0.4 is 10.6 Å². The Bertz CT molecular complexity index is 431. The number of anilines is 1. The van der Waals surface area contributed by atoms with Crippen LogP contribution in [0.3, 0.4) is 0 Å². The molecule has 0 spiro atoms. The molecule has 1 heterocycles. The quantitative estimate of drug-likeness (QED) is 0.923. The molecule has 2 rings (SSSR count). The highest BCUT2D eigenvalue weighted by Crippen LogP contribution is 2.33. The molecule has 1 aromatic carbocycles. The Morgan fingerprint density at radius 3 is 2.79 bits per heavy atom. The molecule has 1 aliphatic rings. The molecule has 1 fully saturated rings. The van der Waals surface area contributed by atoms with Crippen molar-refractivity contribution in [3.05, 3.63) is 28.2 Å². The van der Waals surface area contributed by atoms with Crippen molar-refractivity contribution in [1.82, 2.24) is 4.90 Å². The summed E-state index contributed by atoms with van der Waals surface area (Å²) >= 11 is 3.71. The van der Waals surface area contributed by atoms with E-state index in [1.54, 1.807) is 0 Å². The van der Waals surface area contributed by atoms with E-state index in [-0.39, 0.29) is 6.04 Å². The Morgan fingerprint density at radius 1 is 1.47 bits per heavy atom. The number of halogens is 1. The molecule has 0 radical (unpaired) electrons. The summed E-state index contributed by atoms with van der Waals surface area (Å²) in [6.45, 7) is 4.28. The van der Waals surface area contributed by atoms with Crippen LogP contribution in [-0.4, -0.2) is 38.1 Å². The largest absolute Gasteiger partial charge is 0.366 e. The molecule has 4 heteroatoms. The van der Waals surface area contributed by atoms with Gasteiger partial charge in [-0.1, -0.05) is 6.07 Å². The van der Waals surface area contributed by atoms with Crippen LogP contribution in [0, 0.1) is 0 Å². The zero-order chi connectivity index (χ0) is 14.0. The second-order valence-corrected chi connectivity index (χ2v) is 6.61. The molecule has 1 unspecified atom stereocenters. The highest BCUT2D eigenvalue weighted by molar-refractivity contribution is 9.10. The Kier molecular flexibility index (Phi) is 4.87. The molecule has 0 bridgehead atoms. The molecule has 0 aromatic heterocycles. The van der Waals surface area contributed by atoms with Crippen LogP contribution in [0.2, 0.25) is 0 Å². The summed E-state index contributed by atoms with van der Waals surface area (Å²) in [6, 6.07) is 7.21. The number of hydrogen-bond donors (Lipinski definition) is 1. The molecule has 2 atom stereocenters. The van der Waals surface area contributed by atoms with Gasteiger partial charge in [0, 0.05) is 29.6 Å². The van der Waals surface area contributed by atoms with Gasteiger partial charge < -0.3 is 15.5 Å². The summed E-state index contributed by atoms with van der Waals surface area (Å²) in [7, 11) is 4.29. The van der Waals surface area contributed by atoms with Crippen molar-refractivity contribution in [3.8, 4) is 0 Å². The summed E-state index contributed by atoms with van der Waals surface area (Å²) in [4.78, 5) is 4.79. The lowest BCUT2D eigenvalue weighted by Crippen LogP contribution is -2.37. The minimum absolute atomic E-state index is 0.0847. The van der Waals surface area contributed by atoms with Crippen molar-refractivity contribution < 1.29 is 0 Å². The van der Waals surface area contributed by atoms with Gasteiger partial charge in [-0.25, -0.2) is 0 Å². The van der Waals surface area contributed by atoms with Crippen molar-refractivity contribution in [3.63, 3.8) is 0 Å². The van der Waals surface area contributed by atoms with E-state index < -0.39 is 0 Å². The van der Waals surface area contributed by atoms with E-state index in [9.17, 15) is 0 Å². The molecule has 3 nitrogen and oxygen atoms in total. The summed E-state index contributed by atoms with van der Waals surface area (Å²) in [5, 5.41) is 0. The maximum Gasteiger partial charge on any atom is 0.0513 e. The van der Waals surface area contributed by atoms with Gasteiger partial charge in [-0.3, -0.25) is 0 Å². The molecule has 1 saturated heterocycles. The predicted octanol–water partition coefficient (Wildman–Crippen LogP) is 3.00. The number of rotatable bonds is 4. The maximum absolute atomic E-state index is 5.94. The molecule has 0 aliphatic carbocycles.